The summed E-state index contributed by atoms with van der Waals surface area (Å²) >= 11 is 0. The fourth-order valence-corrected chi connectivity index (χ4v) is 4.43. The summed E-state index contributed by atoms with van der Waals surface area (Å²) in [6, 6.07) is 16.5. The Morgan fingerprint density at radius 3 is 2.47 bits per heavy atom. The summed E-state index contributed by atoms with van der Waals surface area (Å²) in [7, 11) is 1.67. The first-order valence-corrected chi connectivity index (χ1v) is 11.9. The fourth-order valence-electron chi connectivity index (χ4n) is 4.43. The van der Waals surface area contributed by atoms with Crippen molar-refractivity contribution in [2.75, 3.05) is 31.6 Å². The van der Waals surface area contributed by atoms with Crippen LogP contribution >= 0.6 is 0 Å². The van der Waals surface area contributed by atoms with E-state index in [2.05, 4.69) is 50.5 Å². The molecule has 0 unspecified atom stereocenters. The van der Waals surface area contributed by atoms with Gasteiger partial charge in [0.2, 0.25) is 0 Å². The number of aliphatic carboxylic acids is 1. The van der Waals surface area contributed by atoms with Gasteiger partial charge in [-0.3, -0.25) is 9.59 Å². The van der Waals surface area contributed by atoms with Crippen molar-refractivity contribution in [1.82, 2.24) is 15.3 Å². The van der Waals surface area contributed by atoms with Crippen LogP contribution < -0.4 is 15.0 Å². The topological polar surface area (TPSA) is 125 Å². The number of carbonyl (C=O) groups is 2. The second-order valence-electron chi connectivity index (χ2n) is 8.91. The van der Waals surface area contributed by atoms with E-state index < -0.39 is 18.4 Å². The first-order valence-electron chi connectivity index (χ1n) is 11.9. The monoisotopic (exact) mass is 490 g/mol. The zero-order chi connectivity index (χ0) is 25.7. The number of aromatic hydroxyl groups is 1. The standard InChI is InChI=1S/C27H30N4O5/c1-17-26(34)25(27(35)28-16-24(32)33)30-23(29-17)14-18-10-12-31(13-11-18)21-8-6-19(7-9-21)20-4-3-5-22(15-20)36-2/h3-9,15,18,34H,10-14,16H2,1-2H3,(H,28,35)(H,32,33). The molecule has 1 aliphatic rings. The summed E-state index contributed by atoms with van der Waals surface area (Å²) in [6.07, 6.45) is 2.48. The number of aromatic nitrogens is 2. The van der Waals surface area contributed by atoms with Crippen LogP contribution in [0.1, 0.15) is 34.8 Å². The van der Waals surface area contributed by atoms with Gasteiger partial charge in [-0.05, 0) is 61.1 Å². The van der Waals surface area contributed by atoms with E-state index in [1.165, 1.54) is 5.69 Å². The highest BCUT2D eigenvalue weighted by Gasteiger charge is 2.23. The lowest BCUT2D eigenvalue weighted by Gasteiger charge is -2.33. The number of anilines is 1. The minimum atomic E-state index is -1.17. The molecule has 1 saturated heterocycles. The van der Waals surface area contributed by atoms with Crippen LogP contribution in [0.15, 0.2) is 48.5 Å². The predicted octanol–water partition coefficient (Wildman–Crippen LogP) is 3.44. The SMILES string of the molecule is COc1cccc(-c2ccc(N3CCC(Cc4nc(C)c(O)c(C(=O)NCC(=O)O)n4)CC3)cc2)c1. The number of nitrogens with zero attached hydrogens (tertiary/aromatic N) is 3. The van der Waals surface area contributed by atoms with Gasteiger partial charge in [0.1, 0.15) is 18.1 Å². The summed E-state index contributed by atoms with van der Waals surface area (Å²) < 4.78 is 5.33. The lowest BCUT2D eigenvalue weighted by atomic mass is 9.92. The molecule has 1 fully saturated rings. The maximum atomic E-state index is 12.3. The van der Waals surface area contributed by atoms with E-state index in [1.54, 1.807) is 14.0 Å². The number of aryl methyl sites for hydroxylation is 1. The van der Waals surface area contributed by atoms with Crippen LogP contribution in [0.2, 0.25) is 0 Å². The van der Waals surface area contributed by atoms with Crippen LogP contribution in [0.25, 0.3) is 11.1 Å². The zero-order valence-electron chi connectivity index (χ0n) is 20.4. The number of hydrogen-bond donors (Lipinski definition) is 3. The summed E-state index contributed by atoms with van der Waals surface area (Å²) in [5.74, 6) is -0.569. The van der Waals surface area contributed by atoms with E-state index in [0.29, 0.717) is 23.9 Å². The maximum Gasteiger partial charge on any atom is 0.322 e. The molecule has 1 aliphatic heterocycles. The molecule has 3 aromatic rings. The molecule has 3 N–H and O–H groups in total. The molecule has 0 radical (unpaired) electrons. The van der Waals surface area contributed by atoms with Gasteiger partial charge in [0.05, 0.1) is 12.8 Å². The lowest BCUT2D eigenvalue weighted by molar-refractivity contribution is -0.135. The van der Waals surface area contributed by atoms with Crippen LogP contribution in [0, 0.1) is 12.8 Å². The molecule has 2 aromatic carbocycles. The summed E-state index contributed by atoms with van der Waals surface area (Å²) in [5.41, 5.74) is 3.53. The van der Waals surface area contributed by atoms with Crippen LogP contribution in [0.3, 0.4) is 0 Å². The van der Waals surface area contributed by atoms with E-state index in [-0.39, 0.29) is 11.4 Å². The number of carboxylic acids is 1. The Bertz CT molecular complexity index is 1240. The van der Waals surface area contributed by atoms with Gasteiger partial charge in [-0.1, -0.05) is 24.3 Å². The normalized spacial score (nSPS) is 13.9. The van der Waals surface area contributed by atoms with Crippen LogP contribution in [-0.4, -0.2) is 58.8 Å². The van der Waals surface area contributed by atoms with Crippen LogP contribution in [0.4, 0.5) is 5.69 Å². The second-order valence-corrected chi connectivity index (χ2v) is 8.91. The molecule has 2 heterocycles. The van der Waals surface area contributed by atoms with Gasteiger partial charge in [0.15, 0.2) is 11.4 Å². The smallest absolute Gasteiger partial charge is 0.322 e. The van der Waals surface area contributed by atoms with Crippen molar-refractivity contribution in [1.29, 1.82) is 0 Å². The molecule has 0 spiro atoms. The molecule has 0 aliphatic carbocycles. The van der Waals surface area contributed by atoms with Crippen molar-refractivity contribution in [3.63, 3.8) is 0 Å². The number of carbonyl (C=O) groups excluding carboxylic acids is 1. The average molecular weight is 491 g/mol. The molecular weight excluding hydrogens is 460 g/mol. The second kappa shape index (κ2) is 11.1. The zero-order valence-corrected chi connectivity index (χ0v) is 20.4. The van der Waals surface area contributed by atoms with E-state index in [1.807, 2.05) is 18.2 Å². The Labute approximate surface area is 209 Å². The Kier molecular flexibility index (Phi) is 7.68. The number of carboxylic acid groups (broad SMARTS) is 1. The molecule has 9 nitrogen and oxygen atoms in total. The number of piperidine rings is 1. The van der Waals surface area contributed by atoms with Gasteiger partial charge in [-0.2, -0.15) is 0 Å². The average Bonchev–Trinajstić information content (AvgIpc) is 2.90. The van der Waals surface area contributed by atoms with E-state index in [4.69, 9.17) is 9.84 Å². The molecule has 0 bridgehead atoms. The maximum absolute atomic E-state index is 12.3. The van der Waals surface area contributed by atoms with Crippen molar-refractivity contribution in [2.45, 2.75) is 26.2 Å². The highest BCUT2D eigenvalue weighted by Crippen LogP contribution is 2.29. The van der Waals surface area contributed by atoms with Gasteiger partial charge in [0, 0.05) is 25.2 Å². The third-order valence-electron chi connectivity index (χ3n) is 6.44. The Hall–Kier alpha value is -4.14. The van der Waals surface area contributed by atoms with Crippen molar-refractivity contribution in [3.05, 3.63) is 65.7 Å². The number of methoxy groups -OCH3 is 1. The number of nitrogens with one attached hydrogen (secondary N) is 1. The number of benzene rings is 2. The van der Waals surface area contributed by atoms with Crippen molar-refractivity contribution in [2.24, 2.45) is 5.92 Å². The fraction of sp³-hybridized carbons (Fsp3) is 0.333. The van der Waals surface area contributed by atoms with E-state index >= 15 is 0 Å². The highest BCUT2D eigenvalue weighted by atomic mass is 16.5. The van der Waals surface area contributed by atoms with Crippen molar-refractivity contribution in [3.8, 4) is 22.6 Å². The first-order chi connectivity index (χ1) is 17.3. The van der Waals surface area contributed by atoms with E-state index in [9.17, 15) is 14.7 Å². The number of hydrogen-bond acceptors (Lipinski definition) is 7. The van der Waals surface area contributed by atoms with Gasteiger partial charge >= 0.3 is 5.97 Å². The predicted molar refractivity (Wildman–Crippen MR) is 135 cm³/mol. The number of amides is 1. The summed E-state index contributed by atoms with van der Waals surface area (Å²) in [5, 5.41) is 21.2. The molecule has 1 amide bonds. The molecule has 1 aromatic heterocycles. The van der Waals surface area contributed by atoms with Gasteiger partial charge < -0.3 is 25.2 Å². The van der Waals surface area contributed by atoms with Gasteiger partial charge in [-0.15, -0.1) is 0 Å². The Morgan fingerprint density at radius 1 is 1.08 bits per heavy atom. The highest BCUT2D eigenvalue weighted by molar-refractivity contribution is 5.96. The van der Waals surface area contributed by atoms with Gasteiger partial charge in [0.25, 0.3) is 5.91 Å². The first kappa shape index (κ1) is 25.0. The number of ether oxygens (including phenoxy) is 1. The Morgan fingerprint density at radius 2 is 1.81 bits per heavy atom. The minimum absolute atomic E-state index is 0.188. The summed E-state index contributed by atoms with van der Waals surface area (Å²) in [6.45, 7) is 2.85. The summed E-state index contributed by atoms with van der Waals surface area (Å²) in [4.78, 5) is 34.0. The molecule has 188 valence electrons. The molecule has 0 atom stereocenters. The van der Waals surface area contributed by atoms with Gasteiger partial charge in [-0.25, -0.2) is 9.97 Å². The third kappa shape index (κ3) is 5.91. The van der Waals surface area contributed by atoms with E-state index in [0.717, 1.165) is 42.8 Å². The number of rotatable bonds is 8. The quantitative estimate of drug-likeness (QED) is 0.439. The third-order valence-corrected chi connectivity index (χ3v) is 6.44. The van der Waals surface area contributed by atoms with Crippen molar-refractivity contribution >= 4 is 17.6 Å². The Balaban J connectivity index is 1.37. The molecule has 9 heteroatoms. The minimum Gasteiger partial charge on any atom is -0.504 e. The molecular formula is C27H30N4O5. The van der Waals surface area contributed by atoms with Crippen LogP contribution in [-0.2, 0) is 11.2 Å². The molecule has 36 heavy (non-hydrogen) atoms. The molecule has 4 rings (SSSR count). The largest absolute Gasteiger partial charge is 0.504 e. The van der Waals surface area contributed by atoms with Crippen LogP contribution in [0.5, 0.6) is 11.5 Å². The van der Waals surface area contributed by atoms with Crippen molar-refractivity contribution < 1.29 is 24.5 Å². The molecule has 0 saturated carbocycles. The lowest BCUT2D eigenvalue weighted by Crippen LogP contribution is -2.34.